The zero-order chi connectivity index (χ0) is 14.4. The lowest BCUT2D eigenvalue weighted by Crippen LogP contribution is -2.44. The third-order valence-corrected chi connectivity index (χ3v) is 4.22. The summed E-state index contributed by atoms with van der Waals surface area (Å²) in [5, 5.41) is 0. The number of rotatable bonds is 2. The van der Waals surface area contributed by atoms with Crippen LogP contribution in [0.5, 0.6) is 0 Å². The van der Waals surface area contributed by atoms with E-state index >= 15 is 0 Å². The quantitative estimate of drug-likeness (QED) is 0.566. The van der Waals surface area contributed by atoms with Gasteiger partial charge < -0.3 is 9.64 Å². The molecular weight excluding hydrogens is 252 g/mol. The van der Waals surface area contributed by atoms with Crippen LogP contribution in [0.1, 0.15) is 39.0 Å². The van der Waals surface area contributed by atoms with E-state index < -0.39 is 5.60 Å². The standard InChI is InChI=1S/C16H26N2O2/c1-15(19)20-16(7-4-3-5-8-16)9-6-10-18-13-11-17(2)12-14-18/h3-5,7-8,10-14H2,1-2H3. The van der Waals surface area contributed by atoms with E-state index in [1.807, 2.05) is 0 Å². The van der Waals surface area contributed by atoms with Gasteiger partial charge in [0, 0.05) is 33.1 Å². The Kier molecular flexibility index (Phi) is 5.45. The van der Waals surface area contributed by atoms with Gasteiger partial charge in [-0.1, -0.05) is 18.3 Å². The smallest absolute Gasteiger partial charge is 0.304 e. The number of nitrogens with zero attached hydrogens (tertiary/aromatic N) is 2. The van der Waals surface area contributed by atoms with Gasteiger partial charge in [0.05, 0.1) is 6.54 Å². The van der Waals surface area contributed by atoms with Crippen LogP contribution >= 0.6 is 0 Å². The zero-order valence-electron chi connectivity index (χ0n) is 12.8. The first kappa shape index (κ1) is 15.3. The van der Waals surface area contributed by atoms with Crippen LogP contribution in [-0.2, 0) is 9.53 Å². The molecule has 0 unspecified atom stereocenters. The number of ether oxygens (including phenoxy) is 1. The summed E-state index contributed by atoms with van der Waals surface area (Å²) in [7, 11) is 2.15. The second-order valence-corrected chi connectivity index (χ2v) is 6.03. The molecule has 0 atom stereocenters. The average molecular weight is 278 g/mol. The predicted octanol–water partition coefficient (Wildman–Crippen LogP) is 1.50. The van der Waals surface area contributed by atoms with Gasteiger partial charge >= 0.3 is 5.97 Å². The maximum absolute atomic E-state index is 11.3. The largest absolute Gasteiger partial charge is 0.446 e. The lowest BCUT2D eigenvalue weighted by Gasteiger charge is -2.32. The third kappa shape index (κ3) is 4.50. The minimum absolute atomic E-state index is 0.208. The fraction of sp³-hybridized carbons (Fsp3) is 0.812. The Labute approximate surface area is 122 Å². The molecule has 2 rings (SSSR count). The highest BCUT2D eigenvalue weighted by atomic mass is 16.6. The molecule has 4 nitrogen and oxygen atoms in total. The number of piperazine rings is 1. The molecule has 1 aliphatic carbocycles. The first-order valence-electron chi connectivity index (χ1n) is 7.70. The van der Waals surface area contributed by atoms with Crippen molar-refractivity contribution in [2.24, 2.45) is 0 Å². The second kappa shape index (κ2) is 7.10. The van der Waals surface area contributed by atoms with Crippen LogP contribution in [0.25, 0.3) is 0 Å². The predicted molar refractivity (Wildman–Crippen MR) is 79.3 cm³/mol. The highest BCUT2D eigenvalue weighted by Gasteiger charge is 2.33. The zero-order valence-corrected chi connectivity index (χ0v) is 12.8. The number of carbonyl (C=O) groups is 1. The van der Waals surface area contributed by atoms with Crippen molar-refractivity contribution in [1.29, 1.82) is 0 Å². The molecule has 112 valence electrons. The van der Waals surface area contributed by atoms with E-state index in [9.17, 15) is 4.79 Å². The average Bonchev–Trinajstić information content (AvgIpc) is 2.41. The van der Waals surface area contributed by atoms with E-state index in [1.54, 1.807) is 0 Å². The van der Waals surface area contributed by atoms with Crippen LogP contribution in [0, 0.1) is 11.8 Å². The molecule has 1 saturated carbocycles. The topological polar surface area (TPSA) is 32.8 Å². The summed E-state index contributed by atoms with van der Waals surface area (Å²) in [6, 6.07) is 0. The van der Waals surface area contributed by atoms with Crippen LogP contribution in [0.4, 0.5) is 0 Å². The van der Waals surface area contributed by atoms with E-state index in [0.717, 1.165) is 58.4 Å². The normalized spacial score (nSPS) is 23.7. The summed E-state index contributed by atoms with van der Waals surface area (Å²) >= 11 is 0. The van der Waals surface area contributed by atoms with Crippen molar-refractivity contribution in [3.63, 3.8) is 0 Å². The monoisotopic (exact) mass is 278 g/mol. The van der Waals surface area contributed by atoms with Crippen molar-refractivity contribution in [3.05, 3.63) is 0 Å². The molecule has 0 aromatic carbocycles. The van der Waals surface area contributed by atoms with E-state index in [4.69, 9.17) is 4.74 Å². The highest BCUT2D eigenvalue weighted by molar-refractivity contribution is 5.67. The number of hydrogen-bond acceptors (Lipinski definition) is 4. The molecule has 20 heavy (non-hydrogen) atoms. The van der Waals surface area contributed by atoms with Crippen LogP contribution < -0.4 is 0 Å². The van der Waals surface area contributed by atoms with Crippen molar-refractivity contribution < 1.29 is 9.53 Å². The summed E-state index contributed by atoms with van der Waals surface area (Å²) in [4.78, 5) is 16.0. The fourth-order valence-corrected chi connectivity index (χ4v) is 2.97. The van der Waals surface area contributed by atoms with E-state index in [1.165, 1.54) is 13.3 Å². The lowest BCUT2D eigenvalue weighted by atomic mass is 9.85. The Morgan fingerprint density at radius 3 is 2.40 bits per heavy atom. The maximum Gasteiger partial charge on any atom is 0.304 e. The molecule has 0 aromatic rings. The van der Waals surface area contributed by atoms with E-state index in [2.05, 4.69) is 28.7 Å². The molecule has 1 saturated heterocycles. The van der Waals surface area contributed by atoms with E-state index in [0.29, 0.717) is 0 Å². The number of carbonyl (C=O) groups excluding carboxylic acids is 1. The van der Waals surface area contributed by atoms with Gasteiger partial charge in [0.1, 0.15) is 0 Å². The Morgan fingerprint density at radius 2 is 1.80 bits per heavy atom. The van der Waals surface area contributed by atoms with Crippen LogP contribution in [0.15, 0.2) is 0 Å². The van der Waals surface area contributed by atoms with Gasteiger partial charge in [-0.2, -0.15) is 0 Å². The fourth-order valence-electron chi connectivity index (χ4n) is 2.97. The number of likely N-dealkylation sites (N-methyl/N-ethyl adjacent to an activating group) is 1. The summed E-state index contributed by atoms with van der Waals surface area (Å²) < 4.78 is 5.55. The highest BCUT2D eigenvalue weighted by Crippen LogP contribution is 2.31. The van der Waals surface area contributed by atoms with Crippen molar-refractivity contribution in [2.75, 3.05) is 39.8 Å². The molecule has 2 fully saturated rings. The molecule has 0 radical (unpaired) electrons. The van der Waals surface area contributed by atoms with Gasteiger partial charge in [-0.15, -0.1) is 0 Å². The summed E-state index contributed by atoms with van der Waals surface area (Å²) in [6.45, 7) is 6.64. The SMILES string of the molecule is CC(=O)OC1(C#CCN2CCN(C)CC2)CCCCC1. The van der Waals surface area contributed by atoms with Crippen molar-refractivity contribution >= 4 is 5.97 Å². The summed E-state index contributed by atoms with van der Waals surface area (Å²) in [6.07, 6.45) is 5.22. The summed E-state index contributed by atoms with van der Waals surface area (Å²) in [5.74, 6) is 6.34. The number of hydrogen-bond donors (Lipinski definition) is 0. The lowest BCUT2D eigenvalue weighted by molar-refractivity contribution is -0.153. The maximum atomic E-state index is 11.3. The molecule has 4 heteroatoms. The molecule has 2 aliphatic rings. The van der Waals surface area contributed by atoms with Gasteiger partial charge in [0.2, 0.25) is 0 Å². The van der Waals surface area contributed by atoms with Crippen molar-refractivity contribution in [2.45, 2.75) is 44.6 Å². The second-order valence-electron chi connectivity index (χ2n) is 6.03. The molecule has 1 aliphatic heterocycles. The third-order valence-electron chi connectivity index (χ3n) is 4.22. The van der Waals surface area contributed by atoms with E-state index in [-0.39, 0.29) is 5.97 Å². The van der Waals surface area contributed by atoms with Crippen LogP contribution in [0.2, 0.25) is 0 Å². The van der Waals surface area contributed by atoms with Gasteiger partial charge in [0.15, 0.2) is 5.60 Å². The summed E-state index contributed by atoms with van der Waals surface area (Å²) in [5.41, 5.74) is -0.503. The van der Waals surface area contributed by atoms with Crippen molar-refractivity contribution in [1.82, 2.24) is 9.80 Å². The Bertz CT molecular complexity index is 383. The minimum Gasteiger partial charge on any atom is -0.446 e. The van der Waals surface area contributed by atoms with Gasteiger partial charge in [-0.3, -0.25) is 9.69 Å². The van der Waals surface area contributed by atoms with Crippen molar-refractivity contribution in [3.8, 4) is 11.8 Å². The number of esters is 1. The first-order chi connectivity index (χ1) is 9.60. The van der Waals surface area contributed by atoms with Gasteiger partial charge in [0.25, 0.3) is 0 Å². The van der Waals surface area contributed by atoms with Crippen LogP contribution in [-0.4, -0.2) is 61.1 Å². The minimum atomic E-state index is -0.503. The molecule has 1 heterocycles. The molecule has 0 amide bonds. The van der Waals surface area contributed by atoms with Gasteiger partial charge in [-0.05, 0) is 32.7 Å². The first-order valence-corrected chi connectivity index (χ1v) is 7.70. The Balaban J connectivity index is 1.91. The Morgan fingerprint density at radius 1 is 1.15 bits per heavy atom. The molecule has 0 bridgehead atoms. The molecular formula is C16H26N2O2. The molecule has 0 aromatic heterocycles. The van der Waals surface area contributed by atoms with Crippen LogP contribution in [0.3, 0.4) is 0 Å². The van der Waals surface area contributed by atoms with Gasteiger partial charge in [-0.25, -0.2) is 0 Å². The Hall–Kier alpha value is -1.05. The molecule has 0 N–H and O–H groups in total. The molecule has 0 spiro atoms.